The first-order chi connectivity index (χ1) is 8.61. The molecule has 0 saturated heterocycles. The molecule has 0 aliphatic heterocycles. The molecule has 0 bridgehead atoms. The molecule has 0 fully saturated rings. The van der Waals surface area contributed by atoms with E-state index in [1.165, 1.54) is 18.2 Å². The average molecular weight is 277 g/mol. The molecule has 0 heterocycles. The maximum atomic E-state index is 12.2. The van der Waals surface area contributed by atoms with Crippen molar-refractivity contribution in [3.63, 3.8) is 0 Å². The number of hydrogen-bond acceptors (Lipinski definition) is 4. The lowest BCUT2D eigenvalue weighted by Gasteiger charge is -2.18. The van der Waals surface area contributed by atoms with Gasteiger partial charge in [0.2, 0.25) is 0 Å². The number of fused-ring (bicyclic) bond motifs is 2. The second kappa shape index (κ2) is 4.40. The Bertz CT molecular complexity index is 707. The van der Waals surface area contributed by atoms with E-state index in [1.54, 1.807) is 18.2 Å². The van der Waals surface area contributed by atoms with Gasteiger partial charge in [0.1, 0.15) is 0 Å². The van der Waals surface area contributed by atoms with Crippen molar-refractivity contribution in [1.29, 1.82) is 0 Å². The number of phenols is 2. The number of carbonyl (C=O) groups excluding carboxylic acids is 2. The molecule has 0 saturated carbocycles. The first-order valence-electron chi connectivity index (χ1n) is 5.34. The van der Waals surface area contributed by atoms with Gasteiger partial charge in [-0.15, -0.1) is 12.4 Å². The van der Waals surface area contributed by atoms with E-state index in [0.717, 1.165) is 0 Å². The highest BCUT2D eigenvalue weighted by atomic mass is 35.5. The van der Waals surface area contributed by atoms with Crippen LogP contribution in [0.3, 0.4) is 0 Å². The summed E-state index contributed by atoms with van der Waals surface area (Å²) in [7, 11) is 0. The van der Waals surface area contributed by atoms with Crippen LogP contribution < -0.4 is 0 Å². The zero-order chi connectivity index (χ0) is 12.9. The topological polar surface area (TPSA) is 74.6 Å². The highest BCUT2D eigenvalue weighted by Crippen LogP contribution is 2.37. The summed E-state index contributed by atoms with van der Waals surface area (Å²) in [5, 5.41) is 19.1. The number of halogens is 1. The molecule has 1 aliphatic rings. The van der Waals surface area contributed by atoms with Crippen LogP contribution in [0.5, 0.6) is 11.5 Å². The zero-order valence-corrected chi connectivity index (χ0v) is 10.4. The molecule has 19 heavy (non-hydrogen) atoms. The van der Waals surface area contributed by atoms with Crippen LogP contribution in [-0.4, -0.2) is 21.8 Å². The average Bonchev–Trinajstić information content (AvgIpc) is 2.39. The van der Waals surface area contributed by atoms with Crippen molar-refractivity contribution >= 4 is 24.0 Å². The lowest BCUT2D eigenvalue weighted by atomic mass is 9.83. The molecule has 0 atom stereocenters. The van der Waals surface area contributed by atoms with Gasteiger partial charge >= 0.3 is 0 Å². The maximum absolute atomic E-state index is 12.2. The molecule has 2 aromatic rings. The molecule has 1 aliphatic carbocycles. The van der Waals surface area contributed by atoms with Crippen LogP contribution in [0.25, 0.3) is 0 Å². The summed E-state index contributed by atoms with van der Waals surface area (Å²) in [6, 6.07) is 8.97. The summed E-state index contributed by atoms with van der Waals surface area (Å²) in [4.78, 5) is 24.4. The molecule has 0 radical (unpaired) electrons. The standard InChI is InChI=1S/C14H8O4.ClH/c15-10-6-5-9-11(14(10)18)13(17)8-4-2-1-3-7(8)12(9)16;/h1-6,15,18H;1H. The fourth-order valence-corrected chi connectivity index (χ4v) is 2.16. The zero-order valence-electron chi connectivity index (χ0n) is 9.58. The van der Waals surface area contributed by atoms with Gasteiger partial charge in [-0.3, -0.25) is 9.59 Å². The first-order valence-corrected chi connectivity index (χ1v) is 5.34. The Balaban J connectivity index is 0.00000133. The molecule has 2 N–H and O–H groups in total. The summed E-state index contributed by atoms with van der Waals surface area (Å²) in [6.07, 6.45) is 0. The van der Waals surface area contributed by atoms with Gasteiger partial charge in [0.05, 0.1) is 5.56 Å². The molecule has 0 unspecified atom stereocenters. The Hall–Kier alpha value is -2.33. The van der Waals surface area contributed by atoms with E-state index < -0.39 is 17.3 Å². The maximum Gasteiger partial charge on any atom is 0.198 e. The lowest BCUT2D eigenvalue weighted by molar-refractivity contribution is 0.0976. The van der Waals surface area contributed by atoms with Crippen LogP contribution in [-0.2, 0) is 0 Å². The van der Waals surface area contributed by atoms with Gasteiger partial charge in [0.25, 0.3) is 0 Å². The quantitative estimate of drug-likeness (QED) is 0.618. The van der Waals surface area contributed by atoms with Crippen LogP contribution in [0, 0.1) is 0 Å². The van der Waals surface area contributed by atoms with Crippen molar-refractivity contribution in [2.24, 2.45) is 0 Å². The second-order valence-corrected chi connectivity index (χ2v) is 4.06. The predicted molar refractivity (Wildman–Crippen MR) is 70.3 cm³/mol. The van der Waals surface area contributed by atoms with Crippen molar-refractivity contribution in [3.05, 3.63) is 58.7 Å². The SMILES string of the molecule is Cl.O=C1c2ccccc2C(=O)c2c1ccc(O)c2O. The van der Waals surface area contributed by atoms with E-state index in [4.69, 9.17) is 0 Å². The van der Waals surface area contributed by atoms with Crippen LogP contribution in [0.4, 0.5) is 0 Å². The molecule has 5 heteroatoms. The Morgan fingerprint density at radius 2 is 1.32 bits per heavy atom. The summed E-state index contributed by atoms with van der Waals surface area (Å²) >= 11 is 0. The summed E-state index contributed by atoms with van der Waals surface area (Å²) in [6.45, 7) is 0. The first kappa shape index (κ1) is 13.1. The summed E-state index contributed by atoms with van der Waals surface area (Å²) < 4.78 is 0. The molecular weight excluding hydrogens is 268 g/mol. The largest absolute Gasteiger partial charge is 0.504 e. The lowest BCUT2D eigenvalue weighted by Crippen LogP contribution is -2.20. The van der Waals surface area contributed by atoms with Gasteiger partial charge < -0.3 is 10.2 Å². The van der Waals surface area contributed by atoms with Crippen LogP contribution >= 0.6 is 12.4 Å². The van der Waals surface area contributed by atoms with E-state index in [9.17, 15) is 19.8 Å². The van der Waals surface area contributed by atoms with Gasteiger partial charge in [-0.05, 0) is 12.1 Å². The summed E-state index contributed by atoms with van der Waals surface area (Å²) in [5.74, 6) is -1.72. The van der Waals surface area contributed by atoms with E-state index >= 15 is 0 Å². The summed E-state index contributed by atoms with van der Waals surface area (Å²) in [5.41, 5.74) is 0.559. The number of phenolic OH excluding ortho intramolecular Hbond substituents is 2. The number of carbonyl (C=O) groups is 2. The van der Waals surface area contributed by atoms with Gasteiger partial charge in [-0.2, -0.15) is 0 Å². The molecule has 2 aromatic carbocycles. The smallest absolute Gasteiger partial charge is 0.198 e. The normalized spacial score (nSPS) is 12.4. The molecular formula is C14H9ClO4. The Labute approximate surface area is 114 Å². The van der Waals surface area contributed by atoms with Crippen LogP contribution in [0.15, 0.2) is 36.4 Å². The van der Waals surface area contributed by atoms with Crippen molar-refractivity contribution in [1.82, 2.24) is 0 Å². The molecule has 4 nitrogen and oxygen atoms in total. The molecule has 3 rings (SSSR count). The minimum Gasteiger partial charge on any atom is -0.504 e. The number of rotatable bonds is 0. The number of hydrogen-bond donors (Lipinski definition) is 2. The Morgan fingerprint density at radius 1 is 0.737 bits per heavy atom. The van der Waals surface area contributed by atoms with Crippen molar-refractivity contribution in [3.8, 4) is 11.5 Å². The van der Waals surface area contributed by atoms with Crippen molar-refractivity contribution < 1.29 is 19.8 Å². The fourth-order valence-electron chi connectivity index (χ4n) is 2.16. The fraction of sp³-hybridized carbons (Fsp3) is 0. The van der Waals surface area contributed by atoms with E-state index in [-0.39, 0.29) is 34.9 Å². The highest BCUT2D eigenvalue weighted by Gasteiger charge is 2.32. The predicted octanol–water partition coefficient (Wildman–Crippen LogP) is 2.30. The van der Waals surface area contributed by atoms with Gasteiger partial charge in [0.15, 0.2) is 23.1 Å². The van der Waals surface area contributed by atoms with Gasteiger partial charge in [-0.25, -0.2) is 0 Å². The van der Waals surface area contributed by atoms with Crippen LogP contribution in [0.1, 0.15) is 31.8 Å². The van der Waals surface area contributed by atoms with Crippen molar-refractivity contribution in [2.75, 3.05) is 0 Å². The second-order valence-electron chi connectivity index (χ2n) is 4.06. The van der Waals surface area contributed by atoms with Gasteiger partial charge in [0, 0.05) is 16.7 Å². The number of aromatic hydroxyl groups is 2. The van der Waals surface area contributed by atoms with Crippen molar-refractivity contribution in [2.45, 2.75) is 0 Å². The monoisotopic (exact) mass is 276 g/mol. The Kier molecular flexibility index (Phi) is 3.04. The van der Waals surface area contributed by atoms with Gasteiger partial charge in [-0.1, -0.05) is 24.3 Å². The molecule has 0 aromatic heterocycles. The van der Waals surface area contributed by atoms with E-state index in [2.05, 4.69) is 0 Å². The molecule has 0 amide bonds. The highest BCUT2D eigenvalue weighted by molar-refractivity contribution is 6.29. The number of benzene rings is 2. The third-order valence-electron chi connectivity index (χ3n) is 3.04. The number of ketones is 2. The third-order valence-corrected chi connectivity index (χ3v) is 3.04. The molecule has 96 valence electrons. The van der Waals surface area contributed by atoms with Crippen LogP contribution in [0.2, 0.25) is 0 Å². The molecule has 0 spiro atoms. The van der Waals surface area contributed by atoms with E-state index in [0.29, 0.717) is 5.56 Å². The minimum atomic E-state index is -0.541. The van der Waals surface area contributed by atoms with E-state index in [1.807, 2.05) is 0 Å². The Morgan fingerprint density at radius 3 is 1.95 bits per heavy atom. The third kappa shape index (κ3) is 1.69. The minimum absolute atomic E-state index is 0.